The molecule has 0 amide bonds. The van der Waals surface area contributed by atoms with Gasteiger partial charge < -0.3 is 0 Å². The molecular formula is C15H10ClNO. The van der Waals surface area contributed by atoms with E-state index >= 15 is 0 Å². The molecule has 0 saturated carbocycles. The highest BCUT2D eigenvalue weighted by atomic mass is 35.5. The van der Waals surface area contributed by atoms with Gasteiger partial charge in [0.05, 0.1) is 0 Å². The van der Waals surface area contributed by atoms with Crippen LogP contribution in [0, 0.1) is 18.8 Å². The molecule has 2 aromatic rings. The molecule has 1 aromatic heterocycles. The van der Waals surface area contributed by atoms with Gasteiger partial charge >= 0.3 is 0 Å². The van der Waals surface area contributed by atoms with Crippen LogP contribution in [0.2, 0.25) is 5.02 Å². The summed E-state index contributed by atoms with van der Waals surface area (Å²) in [6, 6.07) is 12.3. The van der Waals surface area contributed by atoms with Gasteiger partial charge in [-0.25, -0.2) is 4.98 Å². The van der Waals surface area contributed by atoms with Crippen molar-refractivity contribution in [1.29, 1.82) is 0 Å². The Bertz CT molecular complexity index is 636. The van der Waals surface area contributed by atoms with Crippen LogP contribution in [0.4, 0.5) is 0 Å². The van der Waals surface area contributed by atoms with E-state index in [0.29, 0.717) is 10.7 Å². The van der Waals surface area contributed by atoms with Crippen molar-refractivity contribution in [1.82, 2.24) is 4.98 Å². The van der Waals surface area contributed by atoms with Gasteiger partial charge in [-0.2, -0.15) is 0 Å². The first-order valence-electron chi connectivity index (χ1n) is 5.41. The molecule has 1 heterocycles. The summed E-state index contributed by atoms with van der Waals surface area (Å²) >= 11 is 5.76. The van der Waals surface area contributed by atoms with Crippen LogP contribution >= 0.6 is 11.6 Å². The highest BCUT2D eigenvalue weighted by molar-refractivity contribution is 6.30. The van der Waals surface area contributed by atoms with Gasteiger partial charge in [-0.15, -0.1) is 0 Å². The number of hydrogen-bond acceptors (Lipinski definition) is 2. The molecule has 88 valence electrons. The number of rotatable bonds is 1. The molecule has 0 aliphatic heterocycles. The fraction of sp³-hybridized carbons (Fsp3) is 0.0667. The second-order valence-corrected chi connectivity index (χ2v) is 4.19. The summed E-state index contributed by atoms with van der Waals surface area (Å²) in [5.74, 6) is 5.08. The minimum absolute atomic E-state index is 0.284. The number of aryl methyl sites for hydroxylation is 1. The number of ketones is 1. The second-order valence-electron chi connectivity index (χ2n) is 3.75. The standard InChI is InChI=1S/C15H10ClNO/c1-11-3-2-4-14(17-11)15(18)10-7-12-5-8-13(16)9-6-12/h2-6,8-9H,1H3. The SMILES string of the molecule is Cc1cccc(C(=O)C#Cc2ccc(Cl)cc2)n1. The van der Waals surface area contributed by atoms with Gasteiger partial charge in [0.25, 0.3) is 5.78 Å². The summed E-state index contributed by atoms with van der Waals surface area (Å²) in [4.78, 5) is 15.9. The Kier molecular flexibility index (Phi) is 3.76. The molecule has 1 aromatic carbocycles. The Labute approximate surface area is 111 Å². The molecule has 0 unspecified atom stereocenters. The number of aromatic nitrogens is 1. The van der Waals surface area contributed by atoms with E-state index in [1.165, 1.54) is 0 Å². The largest absolute Gasteiger partial charge is 0.277 e. The van der Waals surface area contributed by atoms with Crippen LogP contribution in [-0.2, 0) is 0 Å². The van der Waals surface area contributed by atoms with Crippen molar-refractivity contribution in [3.63, 3.8) is 0 Å². The Morgan fingerprint density at radius 2 is 1.89 bits per heavy atom. The molecule has 0 aliphatic carbocycles. The lowest BCUT2D eigenvalue weighted by Gasteiger charge is -1.94. The molecule has 0 N–H and O–H groups in total. The third kappa shape index (κ3) is 3.19. The first-order chi connectivity index (χ1) is 8.65. The smallest absolute Gasteiger partial charge is 0.254 e. The average molecular weight is 256 g/mol. The number of nitrogens with zero attached hydrogens (tertiary/aromatic N) is 1. The molecule has 2 rings (SSSR count). The maximum absolute atomic E-state index is 11.8. The molecule has 0 bridgehead atoms. The summed E-state index contributed by atoms with van der Waals surface area (Å²) in [5.41, 5.74) is 1.92. The van der Waals surface area contributed by atoms with Gasteiger partial charge in [0.2, 0.25) is 0 Å². The molecule has 0 radical (unpaired) electrons. The summed E-state index contributed by atoms with van der Waals surface area (Å²) in [6.45, 7) is 1.84. The van der Waals surface area contributed by atoms with Crippen LogP contribution in [0.5, 0.6) is 0 Å². The molecule has 0 atom stereocenters. The number of carbonyl (C=O) groups excluding carboxylic acids is 1. The average Bonchev–Trinajstić information content (AvgIpc) is 2.38. The summed E-state index contributed by atoms with van der Waals surface area (Å²) in [7, 11) is 0. The Morgan fingerprint density at radius 3 is 2.56 bits per heavy atom. The van der Waals surface area contributed by atoms with Gasteiger partial charge in [0.15, 0.2) is 0 Å². The first kappa shape index (κ1) is 12.3. The number of halogens is 1. The topological polar surface area (TPSA) is 30.0 Å². The van der Waals surface area contributed by atoms with Crippen molar-refractivity contribution < 1.29 is 4.79 Å². The van der Waals surface area contributed by atoms with E-state index in [1.54, 1.807) is 36.4 Å². The molecule has 2 nitrogen and oxygen atoms in total. The van der Waals surface area contributed by atoms with Crippen LogP contribution in [-0.4, -0.2) is 10.8 Å². The summed E-state index contributed by atoms with van der Waals surface area (Å²) in [6.07, 6.45) is 0. The third-order valence-corrected chi connectivity index (χ3v) is 2.54. The van der Waals surface area contributed by atoms with Crippen LogP contribution < -0.4 is 0 Å². The second kappa shape index (κ2) is 5.48. The van der Waals surface area contributed by atoms with E-state index in [0.717, 1.165) is 11.3 Å². The maximum atomic E-state index is 11.8. The van der Waals surface area contributed by atoms with Gasteiger partial charge in [0, 0.05) is 16.3 Å². The number of hydrogen-bond donors (Lipinski definition) is 0. The van der Waals surface area contributed by atoms with E-state index in [4.69, 9.17) is 11.6 Å². The molecule has 0 saturated heterocycles. The molecule has 3 heteroatoms. The van der Waals surface area contributed by atoms with Gasteiger partial charge in [-0.05, 0) is 49.2 Å². The quantitative estimate of drug-likeness (QED) is 0.578. The van der Waals surface area contributed by atoms with Crippen LogP contribution in [0.1, 0.15) is 21.7 Å². The van der Waals surface area contributed by atoms with Crippen molar-refractivity contribution in [2.75, 3.05) is 0 Å². The maximum Gasteiger partial charge on any atom is 0.254 e. The molecule has 0 fully saturated rings. The van der Waals surface area contributed by atoms with E-state index in [1.807, 2.05) is 13.0 Å². The van der Waals surface area contributed by atoms with Crippen molar-refractivity contribution in [2.24, 2.45) is 0 Å². The van der Waals surface area contributed by atoms with E-state index < -0.39 is 0 Å². The zero-order valence-electron chi connectivity index (χ0n) is 9.77. The lowest BCUT2D eigenvalue weighted by Crippen LogP contribution is -1.99. The normalized spacial score (nSPS) is 9.44. The summed E-state index contributed by atoms with van der Waals surface area (Å²) in [5, 5.41) is 0.646. The fourth-order valence-corrected chi connectivity index (χ4v) is 1.52. The van der Waals surface area contributed by atoms with Gasteiger partial charge in [-0.1, -0.05) is 23.6 Å². The zero-order valence-corrected chi connectivity index (χ0v) is 10.5. The van der Waals surface area contributed by atoms with Crippen molar-refractivity contribution in [2.45, 2.75) is 6.92 Å². The van der Waals surface area contributed by atoms with Gasteiger partial charge in [0.1, 0.15) is 5.69 Å². The zero-order chi connectivity index (χ0) is 13.0. The van der Waals surface area contributed by atoms with E-state index in [9.17, 15) is 4.79 Å². The monoisotopic (exact) mass is 255 g/mol. The van der Waals surface area contributed by atoms with Crippen molar-refractivity contribution in [3.05, 3.63) is 64.4 Å². The number of Topliss-reactive ketones (excluding diaryl/α,β-unsaturated/α-hetero) is 1. The Hall–Kier alpha value is -2.11. The third-order valence-electron chi connectivity index (χ3n) is 2.29. The minimum atomic E-state index is -0.284. The van der Waals surface area contributed by atoms with Crippen LogP contribution in [0.3, 0.4) is 0 Å². The van der Waals surface area contributed by atoms with Crippen LogP contribution in [0.25, 0.3) is 0 Å². The predicted octanol–water partition coefficient (Wildman–Crippen LogP) is 3.28. The lowest BCUT2D eigenvalue weighted by molar-refractivity contribution is 0.105. The predicted molar refractivity (Wildman–Crippen MR) is 71.6 cm³/mol. The van der Waals surface area contributed by atoms with E-state index in [2.05, 4.69) is 16.8 Å². The molecule has 18 heavy (non-hydrogen) atoms. The van der Waals surface area contributed by atoms with Crippen molar-refractivity contribution in [3.8, 4) is 11.8 Å². The van der Waals surface area contributed by atoms with Crippen LogP contribution in [0.15, 0.2) is 42.5 Å². The fourth-order valence-electron chi connectivity index (χ4n) is 1.40. The number of pyridine rings is 1. The highest BCUT2D eigenvalue weighted by Gasteiger charge is 2.02. The molecule has 0 aliphatic rings. The minimum Gasteiger partial charge on any atom is -0.277 e. The highest BCUT2D eigenvalue weighted by Crippen LogP contribution is 2.08. The molecular weight excluding hydrogens is 246 g/mol. The van der Waals surface area contributed by atoms with Crippen molar-refractivity contribution >= 4 is 17.4 Å². The number of benzene rings is 1. The first-order valence-corrected chi connectivity index (χ1v) is 5.78. The Balaban J connectivity index is 2.20. The Morgan fingerprint density at radius 1 is 1.17 bits per heavy atom. The number of carbonyl (C=O) groups is 1. The lowest BCUT2D eigenvalue weighted by atomic mass is 10.2. The van der Waals surface area contributed by atoms with Gasteiger partial charge in [-0.3, -0.25) is 4.79 Å². The van der Waals surface area contributed by atoms with E-state index in [-0.39, 0.29) is 5.78 Å². The molecule has 0 spiro atoms. The summed E-state index contributed by atoms with van der Waals surface area (Å²) < 4.78 is 0.